The average Bonchev–Trinajstić information content (AvgIpc) is 2.42. The average molecular weight is 200 g/mol. The summed E-state index contributed by atoms with van der Waals surface area (Å²) < 4.78 is 17.0. The van der Waals surface area contributed by atoms with E-state index in [1.54, 1.807) is 0 Å². The SMILES string of the molecule is O=C(Cl)c1ccc2nc(F)oc2c1. The van der Waals surface area contributed by atoms with Crippen molar-refractivity contribution in [2.24, 2.45) is 0 Å². The van der Waals surface area contributed by atoms with Gasteiger partial charge in [-0.2, -0.15) is 4.98 Å². The van der Waals surface area contributed by atoms with Gasteiger partial charge in [-0.1, -0.05) is 0 Å². The molecule has 2 rings (SSSR count). The van der Waals surface area contributed by atoms with Gasteiger partial charge in [-0.3, -0.25) is 4.79 Å². The minimum absolute atomic E-state index is 0.212. The molecule has 0 bridgehead atoms. The van der Waals surface area contributed by atoms with E-state index in [0.717, 1.165) is 0 Å². The molecule has 1 heterocycles. The summed E-state index contributed by atoms with van der Waals surface area (Å²) in [5.74, 6) is 0. The van der Waals surface area contributed by atoms with E-state index in [1.807, 2.05) is 0 Å². The number of hydrogen-bond acceptors (Lipinski definition) is 3. The summed E-state index contributed by atoms with van der Waals surface area (Å²) in [7, 11) is 0. The molecule has 0 unspecified atom stereocenters. The van der Waals surface area contributed by atoms with Gasteiger partial charge < -0.3 is 4.42 Å². The molecule has 0 saturated carbocycles. The lowest BCUT2D eigenvalue weighted by Crippen LogP contribution is -1.86. The summed E-state index contributed by atoms with van der Waals surface area (Å²) in [4.78, 5) is 14.1. The highest BCUT2D eigenvalue weighted by atomic mass is 35.5. The van der Waals surface area contributed by atoms with Crippen LogP contribution in [0.4, 0.5) is 4.39 Å². The first-order chi connectivity index (χ1) is 6.16. The Labute approximate surface area is 77.1 Å². The van der Waals surface area contributed by atoms with Crippen LogP contribution in [-0.4, -0.2) is 10.2 Å². The molecule has 5 heteroatoms. The molecule has 0 N–H and O–H groups in total. The van der Waals surface area contributed by atoms with Crippen molar-refractivity contribution in [1.82, 2.24) is 4.98 Å². The molecule has 2 aromatic rings. The first kappa shape index (κ1) is 8.19. The maximum absolute atomic E-state index is 12.5. The number of carbonyl (C=O) groups excluding carboxylic acids is 1. The van der Waals surface area contributed by atoms with Crippen molar-refractivity contribution in [2.75, 3.05) is 0 Å². The number of rotatable bonds is 1. The highest BCUT2D eigenvalue weighted by molar-refractivity contribution is 6.67. The predicted molar refractivity (Wildman–Crippen MR) is 44.2 cm³/mol. The summed E-state index contributed by atoms with van der Waals surface area (Å²) in [6.07, 6.45) is -0.922. The van der Waals surface area contributed by atoms with Crippen LogP contribution in [0.3, 0.4) is 0 Å². The molecule has 0 spiro atoms. The molecule has 0 amide bonds. The fourth-order valence-electron chi connectivity index (χ4n) is 1.02. The number of hydrogen-bond donors (Lipinski definition) is 0. The number of fused-ring (bicyclic) bond motifs is 1. The van der Waals surface area contributed by atoms with E-state index < -0.39 is 11.4 Å². The molecule has 66 valence electrons. The summed E-state index contributed by atoms with van der Waals surface area (Å²) in [6, 6.07) is 4.28. The topological polar surface area (TPSA) is 43.1 Å². The van der Waals surface area contributed by atoms with Gasteiger partial charge in [-0.25, -0.2) is 0 Å². The van der Waals surface area contributed by atoms with Gasteiger partial charge >= 0.3 is 6.14 Å². The Bertz CT molecular complexity index is 480. The van der Waals surface area contributed by atoms with E-state index >= 15 is 0 Å². The van der Waals surface area contributed by atoms with Crippen molar-refractivity contribution in [2.45, 2.75) is 0 Å². The smallest absolute Gasteiger partial charge is 0.382 e. The van der Waals surface area contributed by atoms with Crippen molar-refractivity contribution >= 4 is 27.9 Å². The number of carbonyl (C=O) groups is 1. The molecule has 0 aliphatic carbocycles. The zero-order valence-corrected chi connectivity index (χ0v) is 7.01. The third-order valence-electron chi connectivity index (χ3n) is 1.59. The van der Waals surface area contributed by atoms with Gasteiger partial charge in [0.15, 0.2) is 5.58 Å². The zero-order chi connectivity index (χ0) is 9.42. The van der Waals surface area contributed by atoms with E-state index in [2.05, 4.69) is 9.40 Å². The summed E-state index contributed by atoms with van der Waals surface area (Å²) >= 11 is 5.22. The molecular weight excluding hydrogens is 197 g/mol. The maximum Gasteiger partial charge on any atom is 0.382 e. The van der Waals surface area contributed by atoms with Gasteiger partial charge in [0.1, 0.15) is 5.52 Å². The summed E-state index contributed by atoms with van der Waals surface area (Å²) in [6.45, 7) is 0. The minimum Gasteiger partial charge on any atom is -0.415 e. The Morgan fingerprint density at radius 1 is 1.54 bits per heavy atom. The fraction of sp³-hybridized carbons (Fsp3) is 0. The summed E-state index contributed by atoms with van der Waals surface area (Å²) in [5, 5.41) is -0.612. The maximum atomic E-state index is 12.5. The molecule has 0 fully saturated rings. The lowest BCUT2D eigenvalue weighted by atomic mass is 10.2. The Hall–Kier alpha value is -1.42. The number of benzene rings is 1. The van der Waals surface area contributed by atoms with E-state index in [9.17, 15) is 9.18 Å². The molecule has 0 atom stereocenters. The third kappa shape index (κ3) is 1.40. The molecule has 3 nitrogen and oxygen atoms in total. The largest absolute Gasteiger partial charge is 0.415 e. The van der Waals surface area contributed by atoms with Crippen LogP contribution >= 0.6 is 11.6 Å². The number of nitrogens with zero attached hydrogens (tertiary/aromatic N) is 1. The highest BCUT2D eigenvalue weighted by Crippen LogP contribution is 2.17. The molecule has 0 radical (unpaired) electrons. The summed E-state index contributed by atoms with van der Waals surface area (Å²) in [5.41, 5.74) is 0.827. The second kappa shape index (κ2) is 2.81. The van der Waals surface area contributed by atoms with Crippen molar-refractivity contribution < 1.29 is 13.6 Å². The fourth-order valence-corrected chi connectivity index (χ4v) is 1.14. The highest BCUT2D eigenvalue weighted by Gasteiger charge is 2.07. The van der Waals surface area contributed by atoms with Crippen molar-refractivity contribution in [3.8, 4) is 0 Å². The van der Waals surface area contributed by atoms with Gasteiger partial charge in [0.25, 0.3) is 5.24 Å². The van der Waals surface area contributed by atoms with Gasteiger partial charge in [-0.15, -0.1) is 4.39 Å². The molecule has 1 aromatic carbocycles. The second-order valence-corrected chi connectivity index (χ2v) is 2.77. The Morgan fingerprint density at radius 2 is 2.31 bits per heavy atom. The van der Waals surface area contributed by atoms with Crippen LogP contribution in [0.5, 0.6) is 0 Å². The Morgan fingerprint density at radius 3 is 3.00 bits per heavy atom. The van der Waals surface area contributed by atoms with Crippen LogP contribution in [0.25, 0.3) is 11.1 Å². The third-order valence-corrected chi connectivity index (χ3v) is 1.81. The van der Waals surface area contributed by atoms with Gasteiger partial charge in [0.2, 0.25) is 0 Å². The minimum atomic E-state index is -0.922. The van der Waals surface area contributed by atoms with Gasteiger partial charge in [-0.05, 0) is 29.8 Å². The van der Waals surface area contributed by atoms with E-state index in [1.165, 1.54) is 18.2 Å². The van der Waals surface area contributed by atoms with Crippen LogP contribution in [0.1, 0.15) is 10.4 Å². The van der Waals surface area contributed by atoms with Crippen molar-refractivity contribution in [3.63, 3.8) is 0 Å². The van der Waals surface area contributed by atoms with Gasteiger partial charge in [0.05, 0.1) is 0 Å². The van der Waals surface area contributed by atoms with E-state index in [-0.39, 0.29) is 11.1 Å². The van der Waals surface area contributed by atoms with Crippen LogP contribution in [0, 0.1) is 6.14 Å². The monoisotopic (exact) mass is 199 g/mol. The lowest BCUT2D eigenvalue weighted by Gasteiger charge is -1.90. The Kier molecular flexibility index (Phi) is 1.77. The quantitative estimate of drug-likeness (QED) is 0.662. The number of oxazole rings is 1. The van der Waals surface area contributed by atoms with Crippen LogP contribution < -0.4 is 0 Å². The van der Waals surface area contributed by atoms with Crippen LogP contribution in [-0.2, 0) is 0 Å². The standard InChI is InChI=1S/C8H3ClFNO2/c9-7(12)4-1-2-5-6(3-4)13-8(10)11-5/h1-3H. The van der Waals surface area contributed by atoms with Gasteiger partial charge in [0, 0.05) is 5.56 Å². The van der Waals surface area contributed by atoms with E-state index in [4.69, 9.17) is 11.6 Å². The molecule has 0 saturated heterocycles. The zero-order valence-electron chi connectivity index (χ0n) is 6.25. The molecule has 13 heavy (non-hydrogen) atoms. The first-order valence-electron chi connectivity index (χ1n) is 3.43. The predicted octanol–water partition coefficient (Wildman–Crippen LogP) is 2.35. The van der Waals surface area contributed by atoms with Crippen LogP contribution in [0.2, 0.25) is 0 Å². The lowest BCUT2D eigenvalue weighted by molar-refractivity contribution is 0.108. The van der Waals surface area contributed by atoms with Crippen molar-refractivity contribution in [1.29, 1.82) is 0 Å². The van der Waals surface area contributed by atoms with E-state index in [0.29, 0.717) is 5.52 Å². The Balaban J connectivity index is 2.67. The molecule has 0 aliphatic heterocycles. The molecular formula is C8H3ClFNO2. The normalized spacial score (nSPS) is 10.6. The molecule has 1 aromatic heterocycles. The molecule has 0 aliphatic rings. The number of aromatic nitrogens is 1. The number of halogens is 2. The first-order valence-corrected chi connectivity index (χ1v) is 3.80. The second-order valence-electron chi connectivity index (χ2n) is 2.42. The van der Waals surface area contributed by atoms with Crippen molar-refractivity contribution in [3.05, 3.63) is 29.9 Å². The van der Waals surface area contributed by atoms with Crippen LogP contribution in [0.15, 0.2) is 22.6 Å².